The van der Waals surface area contributed by atoms with E-state index < -0.39 is 0 Å². The van der Waals surface area contributed by atoms with E-state index in [4.69, 9.17) is 4.52 Å². The van der Waals surface area contributed by atoms with Crippen molar-refractivity contribution in [3.8, 4) is 0 Å². The Labute approximate surface area is 128 Å². The van der Waals surface area contributed by atoms with Gasteiger partial charge in [-0.3, -0.25) is 0 Å². The highest BCUT2D eigenvalue weighted by atomic mass is 32.1. The molecule has 2 amide bonds. The van der Waals surface area contributed by atoms with Crippen molar-refractivity contribution in [2.45, 2.75) is 39.3 Å². The van der Waals surface area contributed by atoms with Gasteiger partial charge >= 0.3 is 6.03 Å². The van der Waals surface area contributed by atoms with E-state index in [0.717, 1.165) is 5.56 Å². The highest BCUT2D eigenvalue weighted by Gasteiger charge is 2.21. The number of amides is 2. The standard InChI is InChI=1S/C14H20N4O2S/c1-14(2,3)12-16-11(20-17-12)7-15-13(19)18(4)8-10-5-6-21-9-10/h5-6,9H,7-8H2,1-4H3,(H,15,19). The van der Waals surface area contributed by atoms with Crippen LogP contribution in [0.25, 0.3) is 0 Å². The molecule has 0 spiro atoms. The maximum atomic E-state index is 12.0. The number of urea groups is 1. The number of carbonyl (C=O) groups is 1. The second-order valence-corrected chi connectivity index (χ2v) is 6.69. The number of hydrogen-bond donors (Lipinski definition) is 1. The molecule has 0 unspecified atom stereocenters. The Bertz CT molecular complexity index is 586. The van der Waals surface area contributed by atoms with Crippen LogP contribution >= 0.6 is 11.3 Å². The average Bonchev–Trinajstić information content (AvgIpc) is 3.05. The number of aromatic nitrogens is 2. The third-order valence-electron chi connectivity index (χ3n) is 2.88. The van der Waals surface area contributed by atoms with Crippen molar-refractivity contribution in [2.75, 3.05) is 7.05 Å². The summed E-state index contributed by atoms with van der Waals surface area (Å²) in [7, 11) is 1.75. The highest BCUT2D eigenvalue weighted by Crippen LogP contribution is 2.18. The fourth-order valence-electron chi connectivity index (χ4n) is 1.65. The Hall–Kier alpha value is -1.89. The second-order valence-electron chi connectivity index (χ2n) is 5.91. The van der Waals surface area contributed by atoms with E-state index in [1.807, 2.05) is 37.6 Å². The Balaban J connectivity index is 1.84. The molecule has 0 fully saturated rings. The smallest absolute Gasteiger partial charge is 0.317 e. The van der Waals surface area contributed by atoms with E-state index in [1.165, 1.54) is 0 Å². The van der Waals surface area contributed by atoms with Gasteiger partial charge in [-0.2, -0.15) is 16.3 Å². The van der Waals surface area contributed by atoms with Gasteiger partial charge in [0.25, 0.3) is 0 Å². The molecule has 2 aromatic rings. The van der Waals surface area contributed by atoms with Crippen molar-refractivity contribution in [1.82, 2.24) is 20.4 Å². The molecule has 2 heterocycles. The lowest BCUT2D eigenvalue weighted by molar-refractivity contribution is 0.204. The number of carbonyl (C=O) groups excluding carboxylic acids is 1. The van der Waals surface area contributed by atoms with Crippen LogP contribution in [0.3, 0.4) is 0 Å². The summed E-state index contributed by atoms with van der Waals surface area (Å²) in [5.74, 6) is 1.05. The zero-order valence-electron chi connectivity index (χ0n) is 12.7. The average molecular weight is 308 g/mol. The number of thiophene rings is 1. The normalized spacial score (nSPS) is 11.4. The van der Waals surface area contributed by atoms with Crippen LogP contribution in [0.2, 0.25) is 0 Å². The zero-order valence-corrected chi connectivity index (χ0v) is 13.5. The number of rotatable bonds is 4. The Morgan fingerprint density at radius 2 is 2.24 bits per heavy atom. The molecule has 0 radical (unpaired) electrons. The van der Waals surface area contributed by atoms with Crippen molar-refractivity contribution < 1.29 is 9.32 Å². The van der Waals surface area contributed by atoms with Gasteiger partial charge in [-0.1, -0.05) is 25.9 Å². The third-order valence-corrected chi connectivity index (χ3v) is 3.61. The highest BCUT2D eigenvalue weighted by molar-refractivity contribution is 7.07. The van der Waals surface area contributed by atoms with Crippen LogP contribution in [0.1, 0.15) is 38.0 Å². The molecule has 6 nitrogen and oxygen atoms in total. The van der Waals surface area contributed by atoms with E-state index in [9.17, 15) is 4.79 Å². The number of nitrogens with one attached hydrogen (secondary N) is 1. The monoisotopic (exact) mass is 308 g/mol. The molecule has 2 rings (SSSR count). The minimum Gasteiger partial charge on any atom is -0.337 e. The minimum atomic E-state index is -0.170. The number of nitrogens with zero attached hydrogens (tertiary/aromatic N) is 3. The molecule has 114 valence electrons. The molecule has 1 N–H and O–H groups in total. The lowest BCUT2D eigenvalue weighted by Gasteiger charge is -2.16. The van der Waals surface area contributed by atoms with Crippen LogP contribution in [-0.2, 0) is 18.5 Å². The molecular formula is C14H20N4O2S. The van der Waals surface area contributed by atoms with Gasteiger partial charge in [0.05, 0.1) is 6.54 Å². The summed E-state index contributed by atoms with van der Waals surface area (Å²) in [6, 6.07) is 1.83. The van der Waals surface area contributed by atoms with Crippen molar-refractivity contribution >= 4 is 17.4 Å². The Morgan fingerprint density at radius 1 is 1.48 bits per heavy atom. The molecule has 0 aliphatic rings. The summed E-state index contributed by atoms with van der Waals surface area (Å²) in [5.41, 5.74) is 0.951. The van der Waals surface area contributed by atoms with Gasteiger partial charge in [-0.25, -0.2) is 4.79 Å². The third kappa shape index (κ3) is 4.29. The van der Waals surface area contributed by atoms with E-state index in [0.29, 0.717) is 18.3 Å². The Kier molecular flexibility index (Phi) is 4.62. The fraction of sp³-hybridized carbons (Fsp3) is 0.500. The van der Waals surface area contributed by atoms with Crippen LogP contribution in [-0.4, -0.2) is 28.1 Å². The van der Waals surface area contributed by atoms with Crippen molar-refractivity contribution in [1.29, 1.82) is 0 Å². The van der Waals surface area contributed by atoms with E-state index in [-0.39, 0.29) is 18.0 Å². The van der Waals surface area contributed by atoms with E-state index in [2.05, 4.69) is 15.5 Å². The number of hydrogen-bond acceptors (Lipinski definition) is 5. The molecule has 0 aromatic carbocycles. The van der Waals surface area contributed by atoms with Gasteiger partial charge < -0.3 is 14.7 Å². The molecule has 0 aliphatic carbocycles. The summed E-state index contributed by atoms with van der Waals surface area (Å²) in [6.45, 7) is 6.83. The first-order valence-electron chi connectivity index (χ1n) is 6.69. The van der Waals surface area contributed by atoms with Crippen LogP contribution in [0.4, 0.5) is 4.79 Å². The molecule has 0 aliphatic heterocycles. The molecule has 7 heteroatoms. The zero-order chi connectivity index (χ0) is 15.5. The van der Waals surface area contributed by atoms with Gasteiger partial charge in [0, 0.05) is 19.0 Å². The minimum absolute atomic E-state index is 0.165. The van der Waals surface area contributed by atoms with Gasteiger partial charge in [0.2, 0.25) is 5.89 Å². The largest absolute Gasteiger partial charge is 0.337 e. The SMILES string of the molecule is CN(Cc1ccsc1)C(=O)NCc1nc(C(C)(C)C)no1. The van der Waals surface area contributed by atoms with Crippen LogP contribution < -0.4 is 5.32 Å². The summed E-state index contributed by atoms with van der Waals surface area (Å²) >= 11 is 1.62. The fourth-order valence-corrected chi connectivity index (χ4v) is 2.31. The van der Waals surface area contributed by atoms with Gasteiger partial charge in [0.1, 0.15) is 0 Å². The first-order chi connectivity index (χ1) is 9.86. The first-order valence-corrected chi connectivity index (χ1v) is 7.63. The van der Waals surface area contributed by atoms with Crippen LogP contribution in [0.15, 0.2) is 21.3 Å². The molecule has 0 saturated heterocycles. The molecule has 0 saturated carbocycles. The van der Waals surface area contributed by atoms with Gasteiger partial charge in [0.15, 0.2) is 5.82 Å². The van der Waals surface area contributed by atoms with Crippen LogP contribution in [0, 0.1) is 0 Å². The van der Waals surface area contributed by atoms with E-state index >= 15 is 0 Å². The molecule has 21 heavy (non-hydrogen) atoms. The van der Waals surface area contributed by atoms with Gasteiger partial charge in [-0.15, -0.1) is 0 Å². The predicted molar refractivity (Wildman–Crippen MR) is 81.0 cm³/mol. The van der Waals surface area contributed by atoms with E-state index in [1.54, 1.807) is 23.3 Å². The summed E-state index contributed by atoms with van der Waals surface area (Å²) in [4.78, 5) is 17.9. The van der Waals surface area contributed by atoms with Crippen molar-refractivity contribution in [2.24, 2.45) is 0 Å². The van der Waals surface area contributed by atoms with Gasteiger partial charge in [-0.05, 0) is 22.4 Å². The topological polar surface area (TPSA) is 71.3 Å². The maximum Gasteiger partial charge on any atom is 0.317 e. The van der Waals surface area contributed by atoms with Crippen LogP contribution in [0.5, 0.6) is 0 Å². The Morgan fingerprint density at radius 3 is 2.81 bits per heavy atom. The summed E-state index contributed by atoms with van der Waals surface area (Å²) < 4.78 is 5.13. The molecule has 0 bridgehead atoms. The second kappa shape index (κ2) is 6.26. The van der Waals surface area contributed by atoms with Crippen molar-refractivity contribution in [3.05, 3.63) is 34.1 Å². The molecular weight excluding hydrogens is 288 g/mol. The summed E-state index contributed by atoms with van der Waals surface area (Å²) in [5, 5.41) is 10.7. The van der Waals surface area contributed by atoms with Crippen molar-refractivity contribution in [3.63, 3.8) is 0 Å². The lowest BCUT2D eigenvalue weighted by Crippen LogP contribution is -2.36. The molecule has 0 atom stereocenters. The maximum absolute atomic E-state index is 12.0. The first kappa shape index (κ1) is 15.5. The summed E-state index contributed by atoms with van der Waals surface area (Å²) in [6.07, 6.45) is 0. The quantitative estimate of drug-likeness (QED) is 0.942. The lowest BCUT2D eigenvalue weighted by atomic mass is 9.96. The predicted octanol–water partition coefficient (Wildman–Crippen LogP) is 2.77. The molecule has 2 aromatic heterocycles.